The van der Waals surface area contributed by atoms with Gasteiger partial charge in [-0.1, -0.05) is 32.9 Å². The normalized spacial score (nSPS) is 11.6. The summed E-state index contributed by atoms with van der Waals surface area (Å²) < 4.78 is 13.3. The molecule has 0 aliphatic rings. The molecule has 4 heteroatoms. The molecule has 19 heavy (non-hydrogen) atoms. The summed E-state index contributed by atoms with van der Waals surface area (Å²) in [5.41, 5.74) is 1.11. The summed E-state index contributed by atoms with van der Waals surface area (Å²) in [6.07, 6.45) is 0. The van der Waals surface area contributed by atoms with Crippen LogP contribution in [0.5, 0.6) is 0 Å². The fourth-order valence-electron chi connectivity index (χ4n) is 1.71. The molecule has 1 aromatic heterocycles. The Labute approximate surface area is 116 Å². The molecule has 0 N–H and O–H groups in total. The van der Waals surface area contributed by atoms with Gasteiger partial charge in [-0.15, -0.1) is 11.3 Å². The second kappa shape index (κ2) is 4.85. The van der Waals surface area contributed by atoms with Crippen molar-refractivity contribution in [1.82, 2.24) is 4.98 Å². The number of aromatic nitrogens is 1. The van der Waals surface area contributed by atoms with Crippen molar-refractivity contribution in [3.8, 4) is 11.3 Å². The Morgan fingerprint density at radius 3 is 2.53 bits per heavy atom. The SMILES string of the molecule is CC(=O)c1sc(C(C)(C)C)nc1-c1cccc(F)c1. The van der Waals surface area contributed by atoms with Gasteiger partial charge in [0.05, 0.1) is 15.6 Å². The van der Waals surface area contributed by atoms with Crippen molar-refractivity contribution >= 4 is 17.1 Å². The number of carbonyl (C=O) groups is 1. The first-order valence-corrected chi connectivity index (χ1v) is 6.89. The van der Waals surface area contributed by atoms with Gasteiger partial charge in [0.25, 0.3) is 0 Å². The van der Waals surface area contributed by atoms with E-state index in [0.29, 0.717) is 16.1 Å². The van der Waals surface area contributed by atoms with Gasteiger partial charge in [-0.25, -0.2) is 9.37 Å². The summed E-state index contributed by atoms with van der Waals surface area (Å²) in [4.78, 5) is 16.9. The lowest BCUT2D eigenvalue weighted by atomic mass is 9.98. The number of benzene rings is 1. The molecule has 0 aliphatic heterocycles. The molecule has 1 aromatic carbocycles. The number of halogens is 1. The highest BCUT2D eigenvalue weighted by Gasteiger charge is 2.24. The molecule has 0 saturated carbocycles. The van der Waals surface area contributed by atoms with Gasteiger partial charge < -0.3 is 0 Å². The maximum absolute atomic E-state index is 13.3. The molecule has 0 aliphatic carbocycles. The highest BCUT2D eigenvalue weighted by Crippen LogP contribution is 2.34. The highest BCUT2D eigenvalue weighted by molar-refractivity contribution is 7.14. The van der Waals surface area contributed by atoms with Gasteiger partial charge in [0.1, 0.15) is 5.82 Å². The Kier molecular flexibility index (Phi) is 3.54. The van der Waals surface area contributed by atoms with Gasteiger partial charge in [0.15, 0.2) is 5.78 Å². The van der Waals surface area contributed by atoms with Crippen molar-refractivity contribution in [2.24, 2.45) is 0 Å². The third kappa shape index (κ3) is 2.89. The van der Waals surface area contributed by atoms with E-state index < -0.39 is 0 Å². The lowest BCUT2D eigenvalue weighted by molar-refractivity contribution is 0.102. The number of hydrogen-bond donors (Lipinski definition) is 0. The van der Waals surface area contributed by atoms with Crippen molar-refractivity contribution in [3.05, 3.63) is 40.0 Å². The number of rotatable bonds is 2. The van der Waals surface area contributed by atoms with Gasteiger partial charge in [-0.05, 0) is 12.1 Å². The summed E-state index contributed by atoms with van der Waals surface area (Å²) in [5.74, 6) is -0.357. The zero-order valence-corrected chi connectivity index (χ0v) is 12.3. The maximum Gasteiger partial charge on any atom is 0.172 e. The van der Waals surface area contributed by atoms with E-state index in [0.717, 1.165) is 5.01 Å². The fraction of sp³-hybridized carbons (Fsp3) is 0.333. The zero-order chi connectivity index (χ0) is 14.2. The fourth-order valence-corrected chi connectivity index (χ4v) is 2.75. The number of Topliss-reactive ketones (excluding diaryl/α,β-unsaturated/α-hetero) is 1. The van der Waals surface area contributed by atoms with Crippen LogP contribution in [0.25, 0.3) is 11.3 Å². The number of nitrogens with zero attached hydrogens (tertiary/aromatic N) is 1. The summed E-state index contributed by atoms with van der Waals surface area (Å²) in [6.45, 7) is 7.66. The van der Waals surface area contributed by atoms with Crippen LogP contribution >= 0.6 is 11.3 Å². The van der Waals surface area contributed by atoms with Gasteiger partial charge >= 0.3 is 0 Å². The molecule has 100 valence electrons. The van der Waals surface area contributed by atoms with Crippen molar-refractivity contribution < 1.29 is 9.18 Å². The molecule has 0 amide bonds. The first kappa shape index (κ1) is 13.9. The van der Waals surface area contributed by atoms with Gasteiger partial charge in [-0.3, -0.25) is 4.79 Å². The molecule has 0 bridgehead atoms. The molecule has 0 saturated heterocycles. The minimum Gasteiger partial charge on any atom is -0.294 e. The van der Waals surface area contributed by atoms with Crippen molar-refractivity contribution in [2.45, 2.75) is 33.1 Å². The maximum atomic E-state index is 13.3. The summed E-state index contributed by atoms with van der Waals surface area (Å²) in [5, 5.41) is 0.886. The second-order valence-corrected chi connectivity index (χ2v) is 6.51. The van der Waals surface area contributed by atoms with E-state index in [1.807, 2.05) is 20.8 Å². The summed E-state index contributed by atoms with van der Waals surface area (Å²) in [6, 6.07) is 6.20. The van der Waals surface area contributed by atoms with Crippen LogP contribution in [-0.4, -0.2) is 10.8 Å². The molecule has 2 nitrogen and oxygen atoms in total. The van der Waals surface area contributed by atoms with Crippen LogP contribution in [0.2, 0.25) is 0 Å². The van der Waals surface area contributed by atoms with Crippen molar-refractivity contribution in [3.63, 3.8) is 0 Å². The van der Waals surface area contributed by atoms with Crippen LogP contribution in [-0.2, 0) is 5.41 Å². The largest absolute Gasteiger partial charge is 0.294 e. The minimum atomic E-state index is -0.322. The van der Waals surface area contributed by atoms with Crippen LogP contribution in [0.15, 0.2) is 24.3 Å². The Morgan fingerprint density at radius 2 is 2.00 bits per heavy atom. The third-order valence-corrected chi connectivity index (χ3v) is 4.27. The molecular formula is C15H16FNOS. The summed E-state index contributed by atoms with van der Waals surface area (Å²) >= 11 is 1.39. The Morgan fingerprint density at radius 1 is 1.32 bits per heavy atom. The lowest BCUT2D eigenvalue weighted by Gasteiger charge is -2.13. The van der Waals surface area contributed by atoms with E-state index in [2.05, 4.69) is 4.98 Å². The second-order valence-electron chi connectivity index (χ2n) is 5.51. The predicted octanol–water partition coefficient (Wildman–Crippen LogP) is 4.45. The summed E-state index contributed by atoms with van der Waals surface area (Å²) in [7, 11) is 0. The molecule has 1 heterocycles. The van der Waals surface area contributed by atoms with Crippen molar-refractivity contribution in [2.75, 3.05) is 0 Å². The smallest absolute Gasteiger partial charge is 0.172 e. The molecule has 0 atom stereocenters. The number of carbonyl (C=O) groups excluding carboxylic acids is 1. The first-order valence-electron chi connectivity index (χ1n) is 6.07. The van der Waals surface area contributed by atoms with Crippen LogP contribution in [0.3, 0.4) is 0 Å². The number of hydrogen-bond acceptors (Lipinski definition) is 3. The zero-order valence-electron chi connectivity index (χ0n) is 11.5. The molecule has 0 spiro atoms. The molecule has 0 fully saturated rings. The third-order valence-electron chi connectivity index (χ3n) is 2.69. The van der Waals surface area contributed by atoms with E-state index in [4.69, 9.17) is 0 Å². The molecular weight excluding hydrogens is 261 g/mol. The van der Waals surface area contributed by atoms with Gasteiger partial charge in [0.2, 0.25) is 0 Å². The standard InChI is InChI=1S/C15H16FNOS/c1-9(18)13-12(10-6-5-7-11(16)8-10)17-14(19-13)15(2,3)4/h5-8H,1-4H3. The molecule has 2 rings (SSSR count). The molecule has 2 aromatic rings. The average Bonchev–Trinajstić information content (AvgIpc) is 2.73. The number of ketones is 1. The molecule has 0 radical (unpaired) electrons. The first-order chi connectivity index (χ1) is 8.79. The van der Waals surface area contributed by atoms with E-state index in [-0.39, 0.29) is 17.0 Å². The topological polar surface area (TPSA) is 30.0 Å². The lowest BCUT2D eigenvalue weighted by Crippen LogP contribution is -2.10. The van der Waals surface area contributed by atoms with Crippen LogP contribution in [0.1, 0.15) is 42.4 Å². The highest BCUT2D eigenvalue weighted by atomic mass is 32.1. The quantitative estimate of drug-likeness (QED) is 0.759. The average molecular weight is 277 g/mol. The monoisotopic (exact) mass is 277 g/mol. The Balaban J connectivity index is 2.62. The van der Waals surface area contributed by atoms with Crippen LogP contribution in [0.4, 0.5) is 4.39 Å². The van der Waals surface area contributed by atoms with E-state index in [1.165, 1.54) is 30.4 Å². The minimum absolute atomic E-state index is 0.0349. The van der Waals surface area contributed by atoms with Crippen LogP contribution < -0.4 is 0 Å². The van der Waals surface area contributed by atoms with E-state index in [1.54, 1.807) is 12.1 Å². The Bertz CT molecular complexity index is 625. The van der Waals surface area contributed by atoms with Crippen molar-refractivity contribution in [1.29, 1.82) is 0 Å². The van der Waals surface area contributed by atoms with Crippen LogP contribution in [0, 0.1) is 5.82 Å². The predicted molar refractivity (Wildman–Crippen MR) is 76.2 cm³/mol. The van der Waals surface area contributed by atoms with E-state index in [9.17, 15) is 9.18 Å². The number of thiazole rings is 1. The van der Waals surface area contributed by atoms with E-state index >= 15 is 0 Å². The van der Waals surface area contributed by atoms with Gasteiger partial charge in [-0.2, -0.15) is 0 Å². The van der Waals surface area contributed by atoms with Gasteiger partial charge in [0, 0.05) is 17.9 Å². The Hall–Kier alpha value is -1.55. The molecule has 0 unspecified atom stereocenters.